The van der Waals surface area contributed by atoms with E-state index in [4.69, 9.17) is 10.5 Å². The molecule has 0 bridgehead atoms. The normalized spacial score (nSPS) is 11.2. The van der Waals surface area contributed by atoms with Crippen molar-refractivity contribution in [3.63, 3.8) is 0 Å². The predicted octanol–water partition coefficient (Wildman–Crippen LogP) is 1.90. The molecule has 0 radical (unpaired) electrons. The number of nitrogens with two attached hydrogens (primary N) is 1. The van der Waals surface area contributed by atoms with Gasteiger partial charge in [-0.2, -0.15) is 0 Å². The molecule has 0 atom stereocenters. The Kier molecular flexibility index (Phi) is 4.68. The molecule has 0 aliphatic carbocycles. The van der Waals surface area contributed by atoms with Crippen LogP contribution in [0.15, 0.2) is 18.2 Å². The van der Waals surface area contributed by atoms with E-state index >= 15 is 0 Å². The monoisotopic (exact) mass is 275 g/mol. The van der Waals surface area contributed by atoms with Gasteiger partial charge in [-0.05, 0) is 41.0 Å². The standard InChI is InChI=1S/C14H21N5O/c1-10(2)9-20-7-6-19-14(16-17-18-19)13-8-12(15)5-4-11(13)3/h4-5,8,10H,6-7,9,15H2,1-3H3. The number of aryl methyl sites for hydroxylation is 1. The first-order chi connectivity index (χ1) is 9.58. The van der Waals surface area contributed by atoms with E-state index in [9.17, 15) is 0 Å². The lowest BCUT2D eigenvalue weighted by atomic mass is 10.1. The Morgan fingerprint density at radius 1 is 1.35 bits per heavy atom. The topological polar surface area (TPSA) is 78.9 Å². The van der Waals surface area contributed by atoms with Crippen molar-refractivity contribution in [3.8, 4) is 11.4 Å². The van der Waals surface area contributed by atoms with Crippen molar-refractivity contribution < 1.29 is 4.74 Å². The highest BCUT2D eigenvalue weighted by Gasteiger charge is 2.11. The van der Waals surface area contributed by atoms with Gasteiger partial charge in [0.05, 0.1) is 13.2 Å². The molecule has 108 valence electrons. The molecule has 0 amide bonds. The average molecular weight is 275 g/mol. The van der Waals surface area contributed by atoms with E-state index in [0.717, 1.165) is 23.6 Å². The summed E-state index contributed by atoms with van der Waals surface area (Å²) in [6, 6.07) is 5.74. The summed E-state index contributed by atoms with van der Waals surface area (Å²) in [5.41, 5.74) is 8.59. The summed E-state index contributed by atoms with van der Waals surface area (Å²) < 4.78 is 7.32. The van der Waals surface area contributed by atoms with Gasteiger partial charge in [0, 0.05) is 17.9 Å². The lowest BCUT2D eigenvalue weighted by Crippen LogP contribution is -2.12. The van der Waals surface area contributed by atoms with E-state index in [2.05, 4.69) is 29.4 Å². The van der Waals surface area contributed by atoms with Crippen LogP contribution in [0.25, 0.3) is 11.4 Å². The molecular weight excluding hydrogens is 254 g/mol. The predicted molar refractivity (Wildman–Crippen MR) is 78.1 cm³/mol. The molecule has 1 heterocycles. The fourth-order valence-corrected chi connectivity index (χ4v) is 1.90. The van der Waals surface area contributed by atoms with Crippen LogP contribution in [0.1, 0.15) is 19.4 Å². The van der Waals surface area contributed by atoms with Crippen molar-refractivity contribution in [2.24, 2.45) is 5.92 Å². The molecule has 20 heavy (non-hydrogen) atoms. The van der Waals surface area contributed by atoms with Gasteiger partial charge in [0.1, 0.15) is 0 Å². The first kappa shape index (κ1) is 14.5. The van der Waals surface area contributed by atoms with Gasteiger partial charge in [-0.25, -0.2) is 4.68 Å². The molecule has 0 spiro atoms. The van der Waals surface area contributed by atoms with Gasteiger partial charge >= 0.3 is 0 Å². The van der Waals surface area contributed by atoms with Crippen LogP contribution < -0.4 is 5.73 Å². The van der Waals surface area contributed by atoms with Crippen LogP contribution in [-0.4, -0.2) is 33.4 Å². The lowest BCUT2D eigenvalue weighted by molar-refractivity contribution is 0.101. The summed E-state index contributed by atoms with van der Waals surface area (Å²) in [5, 5.41) is 11.9. The Hall–Kier alpha value is -1.95. The Morgan fingerprint density at radius 3 is 2.90 bits per heavy atom. The van der Waals surface area contributed by atoms with Gasteiger partial charge < -0.3 is 10.5 Å². The maximum absolute atomic E-state index is 5.84. The van der Waals surface area contributed by atoms with Crippen molar-refractivity contribution >= 4 is 5.69 Å². The molecule has 0 aliphatic heterocycles. The van der Waals surface area contributed by atoms with Crippen molar-refractivity contribution in [1.29, 1.82) is 0 Å². The number of hydrogen-bond donors (Lipinski definition) is 1. The minimum Gasteiger partial charge on any atom is -0.399 e. The summed E-state index contributed by atoms with van der Waals surface area (Å²) in [4.78, 5) is 0. The number of tetrazole rings is 1. The molecule has 1 aromatic carbocycles. The number of benzene rings is 1. The van der Waals surface area contributed by atoms with Gasteiger partial charge in [-0.3, -0.25) is 0 Å². The average Bonchev–Trinajstić information content (AvgIpc) is 2.85. The number of aromatic nitrogens is 4. The molecule has 0 fully saturated rings. The fourth-order valence-electron chi connectivity index (χ4n) is 1.90. The highest BCUT2D eigenvalue weighted by Crippen LogP contribution is 2.22. The molecule has 0 aliphatic rings. The summed E-state index contributed by atoms with van der Waals surface area (Å²) in [6.07, 6.45) is 0. The molecule has 6 nitrogen and oxygen atoms in total. The second-order valence-electron chi connectivity index (χ2n) is 5.27. The van der Waals surface area contributed by atoms with E-state index in [-0.39, 0.29) is 0 Å². The van der Waals surface area contributed by atoms with Gasteiger partial charge in [0.15, 0.2) is 5.82 Å². The zero-order valence-electron chi connectivity index (χ0n) is 12.2. The maximum Gasteiger partial charge on any atom is 0.182 e. The van der Waals surface area contributed by atoms with Gasteiger partial charge in [-0.15, -0.1) is 5.10 Å². The van der Waals surface area contributed by atoms with E-state index in [1.807, 2.05) is 25.1 Å². The Balaban J connectivity index is 2.10. The van der Waals surface area contributed by atoms with Crippen LogP contribution in [0.2, 0.25) is 0 Å². The lowest BCUT2D eigenvalue weighted by Gasteiger charge is -2.09. The SMILES string of the molecule is Cc1ccc(N)cc1-c1nnnn1CCOCC(C)C. The van der Waals surface area contributed by atoms with Crippen LogP contribution >= 0.6 is 0 Å². The first-order valence-corrected chi connectivity index (χ1v) is 6.78. The number of nitrogen functional groups attached to an aromatic ring is 1. The third-order valence-electron chi connectivity index (χ3n) is 2.93. The Bertz CT molecular complexity index is 564. The van der Waals surface area contributed by atoms with Crippen LogP contribution in [0.3, 0.4) is 0 Å². The smallest absolute Gasteiger partial charge is 0.182 e. The van der Waals surface area contributed by atoms with Crippen LogP contribution in [0.4, 0.5) is 5.69 Å². The van der Waals surface area contributed by atoms with Crippen LogP contribution in [-0.2, 0) is 11.3 Å². The number of anilines is 1. The highest BCUT2D eigenvalue weighted by molar-refractivity contribution is 5.65. The van der Waals surface area contributed by atoms with E-state index < -0.39 is 0 Å². The third-order valence-corrected chi connectivity index (χ3v) is 2.93. The largest absolute Gasteiger partial charge is 0.399 e. The zero-order valence-corrected chi connectivity index (χ0v) is 12.2. The van der Waals surface area contributed by atoms with Crippen LogP contribution in [0, 0.1) is 12.8 Å². The molecule has 0 saturated heterocycles. The summed E-state index contributed by atoms with van der Waals surface area (Å²) in [5.74, 6) is 1.25. The second kappa shape index (κ2) is 6.47. The molecule has 2 rings (SSSR count). The molecular formula is C14H21N5O. The quantitative estimate of drug-likeness (QED) is 0.643. The molecule has 0 saturated carbocycles. The Labute approximate surface area is 118 Å². The summed E-state index contributed by atoms with van der Waals surface area (Å²) in [7, 11) is 0. The van der Waals surface area contributed by atoms with E-state index in [1.54, 1.807) is 4.68 Å². The van der Waals surface area contributed by atoms with Crippen molar-refractivity contribution in [2.75, 3.05) is 18.9 Å². The molecule has 2 N–H and O–H groups in total. The summed E-state index contributed by atoms with van der Waals surface area (Å²) in [6.45, 7) is 8.23. The van der Waals surface area contributed by atoms with Gasteiger partial charge in [0.25, 0.3) is 0 Å². The van der Waals surface area contributed by atoms with E-state index in [1.165, 1.54) is 0 Å². The highest BCUT2D eigenvalue weighted by atomic mass is 16.5. The van der Waals surface area contributed by atoms with Crippen molar-refractivity contribution in [2.45, 2.75) is 27.3 Å². The van der Waals surface area contributed by atoms with E-state index in [0.29, 0.717) is 24.8 Å². The molecule has 2 aromatic rings. The number of rotatable bonds is 6. The minimum atomic E-state index is 0.527. The number of nitrogens with zero attached hydrogens (tertiary/aromatic N) is 4. The van der Waals surface area contributed by atoms with Gasteiger partial charge in [-0.1, -0.05) is 19.9 Å². The third kappa shape index (κ3) is 3.54. The van der Waals surface area contributed by atoms with Crippen LogP contribution in [0.5, 0.6) is 0 Å². The fraction of sp³-hybridized carbons (Fsp3) is 0.500. The number of hydrogen-bond acceptors (Lipinski definition) is 5. The number of ether oxygens (including phenoxy) is 1. The maximum atomic E-state index is 5.84. The first-order valence-electron chi connectivity index (χ1n) is 6.78. The Morgan fingerprint density at radius 2 is 2.15 bits per heavy atom. The van der Waals surface area contributed by atoms with Gasteiger partial charge in [0.2, 0.25) is 0 Å². The minimum absolute atomic E-state index is 0.527. The molecule has 1 aromatic heterocycles. The summed E-state index contributed by atoms with van der Waals surface area (Å²) >= 11 is 0. The molecule has 6 heteroatoms. The van der Waals surface area contributed by atoms with Crippen molar-refractivity contribution in [3.05, 3.63) is 23.8 Å². The second-order valence-corrected chi connectivity index (χ2v) is 5.27. The molecule has 0 unspecified atom stereocenters. The zero-order chi connectivity index (χ0) is 14.5. The van der Waals surface area contributed by atoms with Crippen molar-refractivity contribution in [1.82, 2.24) is 20.2 Å².